The highest BCUT2D eigenvalue weighted by Crippen LogP contribution is 2.29. The molecule has 1 aliphatic heterocycles. The molecule has 0 unspecified atom stereocenters. The lowest BCUT2D eigenvalue weighted by atomic mass is 10.2. The Morgan fingerprint density at radius 1 is 0.806 bits per heavy atom. The van der Waals surface area contributed by atoms with Crippen molar-refractivity contribution >= 4 is 23.0 Å². The minimum atomic E-state index is 0.205. The van der Waals surface area contributed by atoms with Crippen LogP contribution in [0.3, 0.4) is 0 Å². The number of nitrogens with zero attached hydrogens (tertiary/aromatic N) is 3. The van der Waals surface area contributed by atoms with Crippen molar-refractivity contribution in [3.05, 3.63) is 84.9 Å². The summed E-state index contributed by atoms with van der Waals surface area (Å²) < 4.78 is 5.49. The molecule has 0 radical (unpaired) electrons. The molecular formula is C26H29N3O2. The van der Waals surface area contributed by atoms with Crippen LogP contribution in [0.15, 0.2) is 84.9 Å². The predicted octanol–water partition coefficient (Wildman–Crippen LogP) is 4.57. The van der Waals surface area contributed by atoms with E-state index in [1.54, 1.807) is 7.11 Å². The van der Waals surface area contributed by atoms with Crippen LogP contribution in [0.4, 0.5) is 17.1 Å². The fourth-order valence-corrected chi connectivity index (χ4v) is 4.08. The fourth-order valence-electron chi connectivity index (χ4n) is 4.08. The molecule has 3 aromatic rings. The van der Waals surface area contributed by atoms with Gasteiger partial charge in [0.15, 0.2) is 0 Å². The van der Waals surface area contributed by atoms with Gasteiger partial charge >= 0.3 is 0 Å². The molecule has 5 heteroatoms. The summed E-state index contributed by atoms with van der Waals surface area (Å²) in [4.78, 5) is 19.5. The summed E-state index contributed by atoms with van der Waals surface area (Å²) in [6, 6.07) is 28.6. The normalized spacial score (nSPS) is 13.7. The third-order valence-corrected chi connectivity index (χ3v) is 5.74. The summed E-state index contributed by atoms with van der Waals surface area (Å²) in [5.41, 5.74) is 3.29. The highest BCUT2D eigenvalue weighted by molar-refractivity contribution is 5.78. The molecule has 0 aromatic heterocycles. The SMILES string of the molecule is COc1ccccc1N1CCN(C(=O)CCN(c2ccccc2)c2ccccc2)CC1. The lowest BCUT2D eigenvalue weighted by Gasteiger charge is -2.37. The van der Waals surface area contributed by atoms with Crippen LogP contribution in [-0.4, -0.2) is 50.6 Å². The summed E-state index contributed by atoms with van der Waals surface area (Å²) in [6.45, 7) is 3.74. The van der Waals surface area contributed by atoms with Gasteiger partial charge in [0, 0.05) is 50.5 Å². The van der Waals surface area contributed by atoms with E-state index >= 15 is 0 Å². The highest BCUT2D eigenvalue weighted by atomic mass is 16.5. The molecule has 1 aliphatic rings. The van der Waals surface area contributed by atoms with Crippen molar-refractivity contribution in [1.82, 2.24) is 4.90 Å². The van der Waals surface area contributed by atoms with Crippen molar-refractivity contribution in [2.75, 3.05) is 49.6 Å². The van der Waals surface area contributed by atoms with Crippen LogP contribution < -0.4 is 14.5 Å². The molecule has 1 saturated heterocycles. The molecule has 1 amide bonds. The zero-order valence-corrected chi connectivity index (χ0v) is 18.0. The second-order valence-electron chi connectivity index (χ2n) is 7.61. The molecule has 5 nitrogen and oxygen atoms in total. The first-order chi connectivity index (χ1) is 15.3. The highest BCUT2D eigenvalue weighted by Gasteiger charge is 2.23. The van der Waals surface area contributed by atoms with E-state index in [1.165, 1.54) is 0 Å². The number of para-hydroxylation sites is 4. The first-order valence-corrected chi connectivity index (χ1v) is 10.8. The molecule has 31 heavy (non-hydrogen) atoms. The lowest BCUT2D eigenvalue weighted by molar-refractivity contribution is -0.131. The topological polar surface area (TPSA) is 36.0 Å². The molecular weight excluding hydrogens is 386 g/mol. The van der Waals surface area contributed by atoms with Crippen molar-refractivity contribution in [3.8, 4) is 5.75 Å². The Hall–Kier alpha value is -3.47. The van der Waals surface area contributed by atoms with Crippen LogP contribution in [0.1, 0.15) is 6.42 Å². The molecule has 0 aliphatic carbocycles. The maximum Gasteiger partial charge on any atom is 0.224 e. The number of amides is 1. The molecule has 3 aromatic carbocycles. The fraction of sp³-hybridized carbons (Fsp3) is 0.269. The number of hydrogen-bond acceptors (Lipinski definition) is 4. The number of ether oxygens (including phenoxy) is 1. The van der Waals surface area contributed by atoms with E-state index in [1.807, 2.05) is 59.5 Å². The zero-order valence-electron chi connectivity index (χ0n) is 18.0. The van der Waals surface area contributed by atoms with Gasteiger partial charge in [0.25, 0.3) is 0 Å². The van der Waals surface area contributed by atoms with Crippen molar-refractivity contribution < 1.29 is 9.53 Å². The summed E-state index contributed by atoms with van der Waals surface area (Å²) in [7, 11) is 1.70. The standard InChI is InChI=1S/C26H29N3O2/c1-31-25-15-9-8-14-24(25)27-18-20-28(21-19-27)26(30)16-17-29(22-10-4-2-5-11-22)23-12-6-3-7-13-23/h2-15H,16-21H2,1H3. The number of rotatable bonds is 7. The second kappa shape index (κ2) is 10.0. The third kappa shape index (κ3) is 5.00. The molecule has 1 heterocycles. The van der Waals surface area contributed by atoms with Gasteiger partial charge in [-0.3, -0.25) is 4.79 Å². The van der Waals surface area contributed by atoms with E-state index in [2.05, 4.69) is 40.1 Å². The molecule has 4 rings (SSSR count). The van der Waals surface area contributed by atoms with Crippen molar-refractivity contribution in [1.29, 1.82) is 0 Å². The van der Waals surface area contributed by atoms with Crippen molar-refractivity contribution in [2.45, 2.75) is 6.42 Å². The number of carbonyl (C=O) groups is 1. The second-order valence-corrected chi connectivity index (χ2v) is 7.61. The molecule has 0 saturated carbocycles. The Labute approximate surface area is 184 Å². The van der Waals surface area contributed by atoms with Crippen LogP contribution in [0.25, 0.3) is 0 Å². The molecule has 0 bridgehead atoms. The van der Waals surface area contributed by atoms with Crippen LogP contribution in [-0.2, 0) is 4.79 Å². The lowest BCUT2D eigenvalue weighted by Crippen LogP contribution is -2.49. The van der Waals surface area contributed by atoms with Gasteiger partial charge in [-0.15, -0.1) is 0 Å². The van der Waals surface area contributed by atoms with E-state index < -0.39 is 0 Å². The molecule has 1 fully saturated rings. The summed E-state index contributed by atoms with van der Waals surface area (Å²) >= 11 is 0. The quantitative estimate of drug-likeness (QED) is 0.566. The zero-order chi connectivity index (χ0) is 21.5. The monoisotopic (exact) mass is 415 g/mol. The minimum Gasteiger partial charge on any atom is -0.495 e. The van der Waals surface area contributed by atoms with Gasteiger partial charge in [-0.2, -0.15) is 0 Å². The van der Waals surface area contributed by atoms with Gasteiger partial charge in [-0.25, -0.2) is 0 Å². The average molecular weight is 416 g/mol. The summed E-state index contributed by atoms with van der Waals surface area (Å²) in [5.74, 6) is 1.08. The maximum atomic E-state index is 13.0. The van der Waals surface area contributed by atoms with Gasteiger partial charge < -0.3 is 19.4 Å². The van der Waals surface area contributed by atoms with E-state index in [9.17, 15) is 4.79 Å². The number of hydrogen-bond donors (Lipinski definition) is 0. The van der Waals surface area contributed by atoms with Gasteiger partial charge in [-0.1, -0.05) is 48.5 Å². The Balaban J connectivity index is 1.37. The van der Waals surface area contributed by atoms with Crippen LogP contribution in [0.2, 0.25) is 0 Å². The van der Waals surface area contributed by atoms with Gasteiger partial charge in [0.05, 0.1) is 12.8 Å². The molecule has 0 atom stereocenters. The van der Waals surface area contributed by atoms with Crippen LogP contribution >= 0.6 is 0 Å². The first-order valence-electron chi connectivity index (χ1n) is 10.8. The molecule has 0 N–H and O–H groups in total. The molecule has 0 spiro atoms. The van der Waals surface area contributed by atoms with Crippen LogP contribution in [0, 0.1) is 0 Å². The van der Waals surface area contributed by atoms with E-state index in [0.29, 0.717) is 13.0 Å². The number of benzene rings is 3. The predicted molar refractivity (Wildman–Crippen MR) is 126 cm³/mol. The van der Waals surface area contributed by atoms with E-state index in [0.717, 1.165) is 49.0 Å². The summed E-state index contributed by atoms with van der Waals surface area (Å²) in [5, 5.41) is 0. The first kappa shape index (κ1) is 20.8. The average Bonchev–Trinajstić information content (AvgIpc) is 2.85. The van der Waals surface area contributed by atoms with Crippen molar-refractivity contribution in [3.63, 3.8) is 0 Å². The number of piperazine rings is 1. The Morgan fingerprint density at radius 3 is 1.94 bits per heavy atom. The maximum absolute atomic E-state index is 13.0. The smallest absolute Gasteiger partial charge is 0.224 e. The Bertz CT molecular complexity index is 931. The van der Waals surface area contributed by atoms with E-state index in [4.69, 9.17) is 4.74 Å². The van der Waals surface area contributed by atoms with Gasteiger partial charge in [-0.05, 0) is 36.4 Å². The Morgan fingerprint density at radius 2 is 1.35 bits per heavy atom. The third-order valence-electron chi connectivity index (χ3n) is 5.74. The number of carbonyl (C=O) groups excluding carboxylic acids is 1. The van der Waals surface area contributed by atoms with Crippen molar-refractivity contribution in [2.24, 2.45) is 0 Å². The largest absolute Gasteiger partial charge is 0.495 e. The Kier molecular flexibility index (Phi) is 6.72. The summed E-state index contributed by atoms with van der Waals surface area (Å²) in [6.07, 6.45) is 0.485. The minimum absolute atomic E-state index is 0.205. The molecule has 160 valence electrons. The van der Waals surface area contributed by atoms with Gasteiger partial charge in [0.2, 0.25) is 5.91 Å². The van der Waals surface area contributed by atoms with Crippen LogP contribution in [0.5, 0.6) is 5.75 Å². The van der Waals surface area contributed by atoms with Gasteiger partial charge in [0.1, 0.15) is 5.75 Å². The number of anilines is 3. The number of methoxy groups -OCH3 is 1. The van der Waals surface area contributed by atoms with E-state index in [-0.39, 0.29) is 5.91 Å².